The van der Waals surface area contributed by atoms with Crippen molar-refractivity contribution < 1.29 is 37.5 Å². The van der Waals surface area contributed by atoms with Gasteiger partial charge in [-0.2, -0.15) is 13.2 Å². The number of unbranched alkanes of at least 4 members (excludes halogenated alkanes) is 3. The fraction of sp³-hybridized carbons (Fsp3) is 0.259. The molecule has 4 amide bonds. The third kappa shape index (κ3) is 10.3. The minimum atomic E-state index is -4.66. The van der Waals surface area contributed by atoms with Gasteiger partial charge in [-0.05, 0) is 61.4 Å². The van der Waals surface area contributed by atoms with Crippen molar-refractivity contribution in [1.82, 2.24) is 15.8 Å². The average molecular weight is 594 g/mol. The van der Waals surface area contributed by atoms with Crippen molar-refractivity contribution in [2.24, 2.45) is 0 Å². The molecule has 0 aliphatic rings. The summed E-state index contributed by atoms with van der Waals surface area (Å²) < 4.78 is 44.9. The van der Waals surface area contributed by atoms with Gasteiger partial charge < -0.3 is 20.7 Å². The number of halogens is 4. The SMILES string of the molecule is O=C(CCCCCCNC(=O)c1cc(Oc2ccc(NC(=O)Nc3ccc(Cl)c(C(F)(F)F)c3)cc2)ccn1)NO. The Balaban J connectivity index is 1.46. The molecule has 0 radical (unpaired) electrons. The highest BCUT2D eigenvalue weighted by atomic mass is 35.5. The Morgan fingerprint density at radius 2 is 1.56 bits per heavy atom. The Labute approximate surface area is 238 Å². The molecule has 0 aliphatic heterocycles. The van der Waals surface area contributed by atoms with Crippen molar-refractivity contribution in [1.29, 1.82) is 0 Å². The lowest BCUT2D eigenvalue weighted by atomic mass is 10.1. The van der Waals surface area contributed by atoms with Crippen LogP contribution < -0.4 is 26.2 Å². The maximum atomic E-state index is 13.0. The molecule has 3 aromatic rings. The van der Waals surface area contributed by atoms with Gasteiger partial charge in [0.25, 0.3) is 5.91 Å². The third-order valence-electron chi connectivity index (χ3n) is 5.58. The summed E-state index contributed by atoms with van der Waals surface area (Å²) in [5, 5.41) is 15.6. The number of carbonyl (C=O) groups is 3. The zero-order valence-corrected chi connectivity index (χ0v) is 22.3. The van der Waals surface area contributed by atoms with Crippen molar-refractivity contribution >= 4 is 40.8 Å². The molecule has 0 atom stereocenters. The molecule has 0 saturated heterocycles. The highest BCUT2D eigenvalue weighted by Gasteiger charge is 2.33. The fourth-order valence-corrected chi connectivity index (χ4v) is 3.79. The van der Waals surface area contributed by atoms with Gasteiger partial charge in [0.05, 0.1) is 10.6 Å². The summed E-state index contributed by atoms with van der Waals surface area (Å²) in [6, 6.07) is 11.5. The number of aromatic nitrogens is 1. The highest BCUT2D eigenvalue weighted by Crippen LogP contribution is 2.36. The lowest BCUT2D eigenvalue weighted by Crippen LogP contribution is -2.25. The zero-order chi connectivity index (χ0) is 29.8. The molecule has 0 unspecified atom stereocenters. The Morgan fingerprint density at radius 3 is 2.27 bits per heavy atom. The van der Waals surface area contributed by atoms with E-state index in [0.717, 1.165) is 31.4 Å². The molecule has 5 N–H and O–H groups in total. The van der Waals surface area contributed by atoms with E-state index >= 15 is 0 Å². The molecular weight excluding hydrogens is 567 g/mol. The van der Waals surface area contributed by atoms with Crippen LogP contribution in [0.3, 0.4) is 0 Å². The number of ether oxygens (including phenoxy) is 1. The fourth-order valence-electron chi connectivity index (χ4n) is 3.57. The highest BCUT2D eigenvalue weighted by molar-refractivity contribution is 6.31. The van der Waals surface area contributed by atoms with Gasteiger partial charge in [0.2, 0.25) is 5.91 Å². The Kier molecular flexibility index (Phi) is 11.3. The normalized spacial score (nSPS) is 11.0. The van der Waals surface area contributed by atoms with Crippen molar-refractivity contribution in [3.63, 3.8) is 0 Å². The van der Waals surface area contributed by atoms with Gasteiger partial charge >= 0.3 is 12.2 Å². The first kappa shape index (κ1) is 31.2. The van der Waals surface area contributed by atoms with Crippen LogP contribution in [0, 0.1) is 0 Å². The van der Waals surface area contributed by atoms with E-state index in [4.69, 9.17) is 21.5 Å². The molecule has 3 rings (SSSR count). The van der Waals surface area contributed by atoms with Crippen molar-refractivity contribution in [2.45, 2.75) is 38.3 Å². The van der Waals surface area contributed by atoms with Gasteiger partial charge in [-0.15, -0.1) is 0 Å². The van der Waals surface area contributed by atoms with Crippen LogP contribution in [0.2, 0.25) is 5.02 Å². The Bertz CT molecular complexity index is 1360. The molecule has 1 heterocycles. The Morgan fingerprint density at radius 1 is 0.878 bits per heavy atom. The quantitative estimate of drug-likeness (QED) is 0.0938. The molecule has 218 valence electrons. The maximum absolute atomic E-state index is 13.0. The number of nitrogens with zero attached hydrogens (tertiary/aromatic N) is 1. The molecule has 0 spiro atoms. The number of rotatable bonds is 12. The first-order valence-electron chi connectivity index (χ1n) is 12.4. The molecule has 41 heavy (non-hydrogen) atoms. The van der Waals surface area contributed by atoms with Crippen molar-refractivity contribution in [3.05, 3.63) is 77.1 Å². The monoisotopic (exact) mass is 593 g/mol. The van der Waals surface area contributed by atoms with Gasteiger partial charge in [0.1, 0.15) is 17.2 Å². The molecule has 0 saturated carbocycles. The Hall–Kier alpha value is -4.36. The summed E-state index contributed by atoms with van der Waals surface area (Å²) in [6.45, 7) is 0.432. The molecule has 2 aromatic carbocycles. The number of hydroxylamine groups is 1. The van der Waals surface area contributed by atoms with Crippen LogP contribution in [0.1, 0.15) is 48.2 Å². The van der Waals surface area contributed by atoms with Crippen molar-refractivity contribution in [2.75, 3.05) is 17.2 Å². The number of urea groups is 1. The van der Waals surface area contributed by atoms with Crippen LogP contribution in [0.4, 0.5) is 29.3 Å². The van der Waals surface area contributed by atoms with E-state index in [-0.39, 0.29) is 23.7 Å². The average Bonchev–Trinajstić information content (AvgIpc) is 2.94. The zero-order valence-electron chi connectivity index (χ0n) is 21.6. The minimum absolute atomic E-state index is 0.0820. The van der Waals surface area contributed by atoms with E-state index in [9.17, 15) is 27.6 Å². The predicted molar refractivity (Wildman–Crippen MR) is 145 cm³/mol. The van der Waals surface area contributed by atoms with Crippen molar-refractivity contribution in [3.8, 4) is 11.5 Å². The maximum Gasteiger partial charge on any atom is 0.417 e. The minimum Gasteiger partial charge on any atom is -0.457 e. The van der Waals surface area contributed by atoms with Crippen LogP contribution in [0.5, 0.6) is 11.5 Å². The lowest BCUT2D eigenvalue weighted by Gasteiger charge is -2.12. The number of amides is 4. The van der Waals surface area contributed by atoms with Gasteiger partial charge in [-0.25, -0.2) is 10.3 Å². The summed E-state index contributed by atoms with van der Waals surface area (Å²) >= 11 is 5.60. The van der Waals surface area contributed by atoms with Crippen LogP contribution in [-0.4, -0.2) is 34.6 Å². The summed E-state index contributed by atoms with van der Waals surface area (Å²) in [6.07, 6.45) is -0.0383. The molecule has 0 bridgehead atoms. The molecule has 1 aromatic heterocycles. The number of carbonyl (C=O) groups excluding carboxylic acids is 3. The first-order chi connectivity index (χ1) is 19.5. The third-order valence-corrected chi connectivity index (χ3v) is 5.91. The molecular formula is C27H27ClF3N5O5. The van der Waals surface area contributed by atoms with E-state index < -0.39 is 28.7 Å². The van der Waals surface area contributed by atoms with E-state index in [1.54, 1.807) is 23.7 Å². The van der Waals surface area contributed by atoms with E-state index in [2.05, 4.69) is 20.9 Å². The first-order valence-corrected chi connectivity index (χ1v) is 12.8. The van der Waals surface area contributed by atoms with Crippen LogP contribution in [0.15, 0.2) is 60.8 Å². The number of nitrogens with one attached hydrogen (secondary N) is 4. The molecule has 10 nitrogen and oxygen atoms in total. The number of alkyl halides is 3. The number of pyridine rings is 1. The van der Waals surface area contributed by atoms with Gasteiger partial charge in [-0.3, -0.25) is 19.8 Å². The standard InChI is InChI=1S/C27H27ClF3N5O5/c28-22-11-8-18(15-21(22)27(29,30)31)35-26(39)34-17-6-9-19(10-7-17)41-20-12-14-32-23(16-20)25(38)33-13-4-2-1-3-5-24(37)36-40/h6-12,14-16,40H,1-5,13H2,(H,33,38)(H,36,37)(H2,34,35,39). The summed E-state index contributed by atoms with van der Waals surface area (Å²) in [5.74, 6) is -0.0426. The number of benzene rings is 2. The van der Waals surface area contributed by atoms with E-state index in [1.807, 2.05) is 0 Å². The van der Waals surface area contributed by atoms with Gasteiger partial charge in [-0.1, -0.05) is 24.4 Å². The van der Waals surface area contributed by atoms with Crippen LogP contribution in [0.25, 0.3) is 0 Å². The van der Waals surface area contributed by atoms with Gasteiger partial charge in [0, 0.05) is 36.6 Å². The second-order valence-corrected chi connectivity index (χ2v) is 9.14. The summed E-state index contributed by atoms with van der Waals surface area (Å²) in [5.41, 5.74) is 0.952. The summed E-state index contributed by atoms with van der Waals surface area (Å²) in [4.78, 5) is 39.7. The number of hydrogen-bond acceptors (Lipinski definition) is 6. The van der Waals surface area contributed by atoms with Gasteiger partial charge in [0.15, 0.2) is 0 Å². The molecule has 0 fully saturated rings. The number of hydrogen-bond donors (Lipinski definition) is 5. The topological polar surface area (TPSA) is 142 Å². The predicted octanol–water partition coefficient (Wildman–Crippen LogP) is 6.38. The van der Waals surface area contributed by atoms with E-state index in [0.29, 0.717) is 30.2 Å². The van der Waals surface area contributed by atoms with E-state index in [1.165, 1.54) is 30.5 Å². The van der Waals surface area contributed by atoms with Crippen LogP contribution in [-0.2, 0) is 11.0 Å². The molecule has 0 aliphatic carbocycles. The second-order valence-electron chi connectivity index (χ2n) is 8.73. The lowest BCUT2D eigenvalue weighted by molar-refractivity contribution is -0.137. The summed E-state index contributed by atoms with van der Waals surface area (Å²) in [7, 11) is 0. The second kappa shape index (κ2) is 14.9. The smallest absolute Gasteiger partial charge is 0.417 e. The largest absolute Gasteiger partial charge is 0.457 e. The number of anilines is 2. The van der Waals surface area contributed by atoms with Crippen LogP contribution >= 0.6 is 11.6 Å². The molecule has 14 heteroatoms.